The highest BCUT2D eigenvalue weighted by Gasteiger charge is 2.01. The van der Waals surface area contributed by atoms with Gasteiger partial charge < -0.3 is 5.73 Å². The van der Waals surface area contributed by atoms with Crippen molar-refractivity contribution >= 4 is 17.5 Å². The summed E-state index contributed by atoms with van der Waals surface area (Å²) in [6, 6.07) is 13.1. The molecule has 0 heterocycles. The van der Waals surface area contributed by atoms with E-state index < -0.39 is 0 Å². The third kappa shape index (κ3) is 3.32. The van der Waals surface area contributed by atoms with E-state index in [4.69, 9.17) is 5.73 Å². The predicted molar refractivity (Wildman–Crippen MR) is 80.1 cm³/mol. The number of ketones is 1. The molecule has 96 valence electrons. The molecular formula is C17H17NO. The van der Waals surface area contributed by atoms with Crippen LogP contribution in [-0.4, -0.2) is 5.78 Å². The number of nitrogen functional groups attached to an aromatic ring is 1. The maximum atomic E-state index is 12.0. The summed E-state index contributed by atoms with van der Waals surface area (Å²) in [7, 11) is 0. The Morgan fingerprint density at radius 3 is 2.37 bits per heavy atom. The standard InChI is InChI=1S/C17H17NO/c1-12-3-4-14(13(2)11-12)7-10-17(19)15-5-8-16(18)9-6-15/h3-11H,18H2,1-2H3/b10-7+. The van der Waals surface area contributed by atoms with E-state index in [9.17, 15) is 4.79 Å². The Bertz CT molecular complexity index is 624. The minimum atomic E-state index is -0.0139. The quantitative estimate of drug-likeness (QED) is 0.512. The Balaban J connectivity index is 2.18. The Morgan fingerprint density at radius 2 is 1.74 bits per heavy atom. The molecule has 2 aromatic carbocycles. The van der Waals surface area contributed by atoms with Gasteiger partial charge in [0.15, 0.2) is 5.78 Å². The van der Waals surface area contributed by atoms with E-state index in [0.717, 1.165) is 5.56 Å². The van der Waals surface area contributed by atoms with Crippen LogP contribution in [0.4, 0.5) is 5.69 Å². The zero-order valence-electron chi connectivity index (χ0n) is 11.2. The van der Waals surface area contributed by atoms with Gasteiger partial charge in [-0.05, 0) is 55.3 Å². The van der Waals surface area contributed by atoms with Gasteiger partial charge in [0.25, 0.3) is 0 Å². The van der Waals surface area contributed by atoms with Crippen LogP contribution in [0.1, 0.15) is 27.0 Å². The second kappa shape index (κ2) is 5.53. The van der Waals surface area contributed by atoms with Gasteiger partial charge in [0.05, 0.1) is 0 Å². The number of anilines is 1. The lowest BCUT2D eigenvalue weighted by Gasteiger charge is -2.01. The molecule has 0 atom stereocenters. The third-order valence-electron chi connectivity index (χ3n) is 3.03. The Labute approximate surface area is 113 Å². The highest BCUT2D eigenvalue weighted by molar-refractivity contribution is 6.07. The maximum Gasteiger partial charge on any atom is 0.185 e. The molecule has 2 nitrogen and oxygen atoms in total. The molecule has 0 aliphatic heterocycles. The number of carbonyl (C=O) groups excluding carboxylic acids is 1. The Hall–Kier alpha value is -2.35. The number of nitrogens with two attached hydrogens (primary N) is 1. The molecule has 0 aromatic heterocycles. The van der Waals surface area contributed by atoms with E-state index in [1.54, 1.807) is 30.3 Å². The molecular weight excluding hydrogens is 234 g/mol. The third-order valence-corrected chi connectivity index (χ3v) is 3.03. The minimum Gasteiger partial charge on any atom is -0.399 e. The number of benzene rings is 2. The van der Waals surface area contributed by atoms with Crippen molar-refractivity contribution in [3.63, 3.8) is 0 Å². The van der Waals surface area contributed by atoms with Crippen molar-refractivity contribution in [3.8, 4) is 0 Å². The van der Waals surface area contributed by atoms with Crippen LogP contribution in [0.15, 0.2) is 48.5 Å². The van der Waals surface area contributed by atoms with Crippen molar-refractivity contribution in [1.29, 1.82) is 0 Å². The monoisotopic (exact) mass is 251 g/mol. The smallest absolute Gasteiger partial charge is 0.185 e. The molecule has 0 saturated heterocycles. The fourth-order valence-corrected chi connectivity index (χ4v) is 1.92. The molecule has 2 rings (SSSR count). The van der Waals surface area contributed by atoms with Crippen molar-refractivity contribution in [3.05, 3.63) is 70.8 Å². The first-order valence-corrected chi connectivity index (χ1v) is 6.21. The van der Waals surface area contributed by atoms with E-state index in [0.29, 0.717) is 11.3 Å². The van der Waals surface area contributed by atoms with E-state index in [1.807, 2.05) is 25.1 Å². The Kier molecular flexibility index (Phi) is 3.81. The molecule has 2 N–H and O–H groups in total. The summed E-state index contributed by atoms with van der Waals surface area (Å²) in [5.74, 6) is -0.0139. The average molecular weight is 251 g/mol. The number of carbonyl (C=O) groups is 1. The van der Waals surface area contributed by atoms with Gasteiger partial charge in [-0.25, -0.2) is 0 Å². The van der Waals surface area contributed by atoms with Gasteiger partial charge >= 0.3 is 0 Å². The normalized spacial score (nSPS) is 10.8. The summed E-state index contributed by atoms with van der Waals surface area (Å²) in [4.78, 5) is 12.0. The van der Waals surface area contributed by atoms with Gasteiger partial charge in [0.1, 0.15) is 0 Å². The lowest BCUT2D eigenvalue weighted by Crippen LogP contribution is -1.95. The molecule has 0 amide bonds. The minimum absolute atomic E-state index is 0.0139. The Morgan fingerprint density at radius 1 is 1.05 bits per heavy atom. The predicted octanol–water partition coefficient (Wildman–Crippen LogP) is 3.78. The second-order valence-corrected chi connectivity index (χ2v) is 4.68. The van der Waals surface area contributed by atoms with Gasteiger partial charge in [-0.1, -0.05) is 29.8 Å². The van der Waals surface area contributed by atoms with Crippen LogP contribution in [0.3, 0.4) is 0 Å². The SMILES string of the molecule is Cc1ccc(/C=C/C(=O)c2ccc(N)cc2)c(C)c1. The van der Waals surface area contributed by atoms with Crippen LogP contribution < -0.4 is 5.73 Å². The van der Waals surface area contributed by atoms with Crippen molar-refractivity contribution in [2.75, 3.05) is 5.73 Å². The maximum absolute atomic E-state index is 12.0. The lowest BCUT2D eigenvalue weighted by atomic mass is 10.0. The zero-order chi connectivity index (χ0) is 13.8. The second-order valence-electron chi connectivity index (χ2n) is 4.68. The van der Waals surface area contributed by atoms with Gasteiger partial charge in [0.2, 0.25) is 0 Å². The van der Waals surface area contributed by atoms with Gasteiger partial charge in [-0.15, -0.1) is 0 Å². The molecule has 0 aliphatic carbocycles. The molecule has 0 aliphatic rings. The fourth-order valence-electron chi connectivity index (χ4n) is 1.92. The van der Waals surface area contributed by atoms with E-state index in [-0.39, 0.29) is 5.78 Å². The average Bonchev–Trinajstić information content (AvgIpc) is 2.38. The summed E-state index contributed by atoms with van der Waals surface area (Å²) in [5.41, 5.74) is 10.4. The molecule has 0 radical (unpaired) electrons. The van der Waals surface area contributed by atoms with Gasteiger partial charge in [-0.3, -0.25) is 4.79 Å². The van der Waals surface area contributed by atoms with Crippen LogP contribution >= 0.6 is 0 Å². The fraction of sp³-hybridized carbons (Fsp3) is 0.118. The van der Waals surface area contributed by atoms with Crippen molar-refractivity contribution < 1.29 is 4.79 Å². The number of aryl methyl sites for hydroxylation is 2. The van der Waals surface area contributed by atoms with Crippen LogP contribution in [0, 0.1) is 13.8 Å². The largest absolute Gasteiger partial charge is 0.399 e. The molecule has 19 heavy (non-hydrogen) atoms. The zero-order valence-corrected chi connectivity index (χ0v) is 11.2. The lowest BCUT2D eigenvalue weighted by molar-refractivity contribution is 0.104. The highest BCUT2D eigenvalue weighted by atomic mass is 16.1. The summed E-state index contributed by atoms with van der Waals surface area (Å²) < 4.78 is 0. The molecule has 2 heteroatoms. The molecule has 0 spiro atoms. The summed E-state index contributed by atoms with van der Waals surface area (Å²) in [5, 5.41) is 0. The first-order valence-electron chi connectivity index (χ1n) is 6.21. The van der Waals surface area contributed by atoms with E-state index in [2.05, 4.69) is 13.0 Å². The highest BCUT2D eigenvalue weighted by Crippen LogP contribution is 2.13. The topological polar surface area (TPSA) is 43.1 Å². The number of rotatable bonds is 3. The van der Waals surface area contributed by atoms with E-state index in [1.165, 1.54) is 11.1 Å². The van der Waals surface area contributed by atoms with Crippen molar-refractivity contribution in [2.24, 2.45) is 0 Å². The molecule has 2 aromatic rings. The van der Waals surface area contributed by atoms with Crippen LogP contribution in [0.2, 0.25) is 0 Å². The molecule has 0 fully saturated rings. The van der Waals surface area contributed by atoms with Gasteiger partial charge in [-0.2, -0.15) is 0 Å². The van der Waals surface area contributed by atoms with Crippen LogP contribution in [-0.2, 0) is 0 Å². The van der Waals surface area contributed by atoms with Crippen LogP contribution in [0.25, 0.3) is 6.08 Å². The van der Waals surface area contributed by atoms with Crippen molar-refractivity contribution in [1.82, 2.24) is 0 Å². The number of hydrogen-bond donors (Lipinski definition) is 1. The van der Waals surface area contributed by atoms with Gasteiger partial charge in [0, 0.05) is 11.3 Å². The van der Waals surface area contributed by atoms with E-state index >= 15 is 0 Å². The number of allylic oxidation sites excluding steroid dienone is 1. The molecule has 0 saturated carbocycles. The molecule has 0 bridgehead atoms. The first kappa shape index (κ1) is 13.1. The summed E-state index contributed by atoms with van der Waals surface area (Å²) in [6.07, 6.45) is 3.46. The molecule has 0 unspecified atom stereocenters. The summed E-state index contributed by atoms with van der Waals surface area (Å²) >= 11 is 0. The first-order chi connectivity index (χ1) is 9.06. The summed E-state index contributed by atoms with van der Waals surface area (Å²) in [6.45, 7) is 4.10. The van der Waals surface area contributed by atoms with Crippen molar-refractivity contribution in [2.45, 2.75) is 13.8 Å². The van der Waals surface area contributed by atoms with Crippen LogP contribution in [0.5, 0.6) is 0 Å². The number of hydrogen-bond acceptors (Lipinski definition) is 2.